The van der Waals surface area contributed by atoms with Gasteiger partial charge in [-0.25, -0.2) is 0 Å². The highest BCUT2D eigenvalue weighted by Crippen LogP contribution is 2.26. The number of aryl methyl sites for hydroxylation is 2. The quantitative estimate of drug-likeness (QED) is 0.806. The van der Waals surface area contributed by atoms with Gasteiger partial charge in [0, 0.05) is 30.1 Å². The average molecular weight is 270 g/mol. The fraction of sp³-hybridized carbons (Fsp3) is 0.353. The molecule has 20 heavy (non-hydrogen) atoms. The third kappa shape index (κ3) is 4.07. The molecule has 2 aromatic rings. The van der Waals surface area contributed by atoms with E-state index in [1.807, 2.05) is 37.4 Å². The SMILES string of the molecule is CCCNCc1cnc(C)cc1Oc1cccc(C)c1. The maximum atomic E-state index is 6.02. The van der Waals surface area contributed by atoms with E-state index in [2.05, 4.69) is 30.2 Å². The third-order valence-corrected chi connectivity index (χ3v) is 3.04. The van der Waals surface area contributed by atoms with Gasteiger partial charge < -0.3 is 10.1 Å². The molecule has 3 heteroatoms. The number of hydrogen-bond donors (Lipinski definition) is 1. The molecule has 0 fully saturated rings. The zero-order chi connectivity index (χ0) is 14.4. The molecule has 0 amide bonds. The lowest BCUT2D eigenvalue weighted by molar-refractivity contribution is 0.470. The van der Waals surface area contributed by atoms with Gasteiger partial charge in [0.05, 0.1) is 0 Å². The number of benzene rings is 1. The first-order valence-corrected chi connectivity index (χ1v) is 7.10. The van der Waals surface area contributed by atoms with Crippen LogP contribution in [0.5, 0.6) is 11.5 Å². The monoisotopic (exact) mass is 270 g/mol. The smallest absolute Gasteiger partial charge is 0.135 e. The predicted molar refractivity (Wildman–Crippen MR) is 82.2 cm³/mol. The number of aromatic nitrogens is 1. The zero-order valence-electron chi connectivity index (χ0n) is 12.4. The van der Waals surface area contributed by atoms with Gasteiger partial charge in [-0.05, 0) is 44.5 Å². The van der Waals surface area contributed by atoms with Crippen LogP contribution in [0, 0.1) is 13.8 Å². The Labute approximate surface area is 121 Å². The minimum absolute atomic E-state index is 0.780. The van der Waals surface area contributed by atoms with E-state index in [1.54, 1.807) is 0 Å². The van der Waals surface area contributed by atoms with E-state index in [-0.39, 0.29) is 0 Å². The molecule has 0 saturated heterocycles. The van der Waals surface area contributed by atoms with E-state index in [1.165, 1.54) is 5.56 Å². The summed E-state index contributed by atoms with van der Waals surface area (Å²) in [4.78, 5) is 4.36. The van der Waals surface area contributed by atoms with Crippen LogP contribution in [0.4, 0.5) is 0 Å². The Morgan fingerprint density at radius 1 is 1.20 bits per heavy atom. The van der Waals surface area contributed by atoms with Gasteiger partial charge in [0.1, 0.15) is 11.5 Å². The van der Waals surface area contributed by atoms with Crippen LogP contribution in [0.25, 0.3) is 0 Å². The van der Waals surface area contributed by atoms with Crippen molar-refractivity contribution in [1.29, 1.82) is 0 Å². The summed E-state index contributed by atoms with van der Waals surface area (Å²) in [5.74, 6) is 1.75. The van der Waals surface area contributed by atoms with Crippen LogP contribution < -0.4 is 10.1 Å². The van der Waals surface area contributed by atoms with Gasteiger partial charge in [0.15, 0.2) is 0 Å². The number of rotatable bonds is 6. The molecule has 0 bridgehead atoms. The van der Waals surface area contributed by atoms with E-state index in [0.29, 0.717) is 0 Å². The second-order valence-corrected chi connectivity index (χ2v) is 5.03. The Bertz CT molecular complexity index is 567. The molecule has 0 unspecified atom stereocenters. The molecule has 0 aliphatic carbocycles. The van der Waals surface area contributed by atoms with E-state index in [4.69, 9.17) is 4.74 Å². The van der Waals surface area contributed by atoms with Crippen molar-refractivity contribution in [3.63, 3.8) is 0 Å². The van der Waals surface area contributed by atoms with Gasteiger partial charge in [0.2, 0.25) is 0 Å². The van der Waals surface area contributed by atoms with Gasteiger partial charge in [-0.2, -0.15) is 0 Å². The molecule has 0 spiro atoms. The summed E-state index contributed by atoms with van der Waals surface area (Å²) in [6.07, 6.45) is 3.01. The minimum Gasteiger partial charge on any atom is -0.457 e. The molecule has 106 valence electrons. The van der Waals surface area contributed by atoms with Crippen molar-refractivity contribution in [2.24, 2.45) is 0 Å². The maximum absolute atomic E-state index is 6.02. The van der Waals surface area contributed by atoms with Crippen molar-refractivity contribution in [1.82, 2.24) is 10.3 Å². The highest BCUT2D eigenvalue weighted by molar-refractivity contribution is 5.38. The molecule has 1 aromatic heterocycles. The largest absolute Gasteiger partial charge is 0.457 e. The van der Waals surface area contributed by atoms with E-state index >= 15 is 0 Å². The highest BCUT2D eigenvalue weighted by atomic mass is 16.5. The summed E-state index contributed by atoms with van der Waals surface area (Å²) in [5.41, 5.74) is 3.25. The van der Waals surface area contributed by atoms with E-state index < -0.39 is 0 Å². The highest BCUT2D eigenvalue weighted by Gasteiger charge is 2.06. The van der Waals surface area contributed by atoms with Crippen molar-refractivity contribution >= 4 is 0 Å². The van der Waals surface area contributed by atoms with Gasteiger partial charge in [-0.3, -0.25) is 4.98 Å². The van der Waals surface area contributed by atoms with Gasteiger partial charge in [0.25, 0.3) is 0 Å². The van der Waals surface area contributed by atoms with Crippen LogP contribution >= 0.6 is 0 Å². The standard InChI is InChI=1S/C17H22N2O/c1-4-8-18-11-15-12-19-14(3)10-17(15)20-16-7-5-6-13(2)9-16/h5-7,9-10,12,18H,4,8,11H2,1-3H3. The number of nitrogens with zero attached hydrogens (tertiary/aromatic N) is 1. The molecule has 3 nitrogen and oxygen atoms in total. The Balaban J connectivity index is 2.18. The van der Waals surface area contributed by atoms with Crippen molar-refractivity contribution < 1.29 is 4.74 Å². The predicted octanol–water partition coefficient (Wildman–Crippen LogP) is 3.99. The van der Waals surface area contributed by atoms with Gasteiger partial charge in [-0.1, -0.05) is 19.1 Å². The molecule has 2 rings (SSSR count). The van der Waals surface area contributed by atoms with Crippen LogP contribution in [0.2, 0.25) is 0 Å². The average Bonchev–Trinajstić information content (AvgIpc) is 2.41. The Kier molecular flexibility index (Phi) is 5.13. The lowest BCUT2D eigenvalue weighted by Crippen LogP contribution is -2.14. The summed E-state index contributed by atoms with van der Waals surface area (Å²) in [7, 11) is 0. The van der Waals surface area contributed by atoms with Crippen molar-refractivity contribution in [3.05, 3.63) is 53.3 Å². The molecule has 0 aliphatic heterocycles. The Hall–Kier alpha value is -1.87. The van der Waals surface area contributed by atoms with Gasteiger partial charge >= 0.3 is 0 Å². The van der Waals surface area contributed by atoms with Crippen molar-refractivity contribution in [2.75, 3.05) is 6.54 Å². The summed E-state index contributed by atoms with van der Waals surface area (Å²) < 4.78 is 6.02. The fourth-order valence-electron chi connectivity index (χ4n) is 2.00. The van der Waals surface area contributed by atoms with Crippen molar-refractivity contribution in [3.8, 4) is 11.5 Å². The lowest BCUT2D eigenvalue weighted by atomic mass is 10.2. The van der Waals surface area contributed by atoms with E-state index in [0.717, 1.165) is 42.3 Å². The molecular formula is C17H22N2O. The molecule has 0 radical (unpaired) electrons. The number of hydrogen-bond acceptors (Lipinski definition) is 3. The number of pyridine rings is 1. The first-order chi connectivity index (χ1) is 9.69. The molecular weight excluding hydrogens is 248 g/mol. The Morgan fingerprint density at radius 3 is 2.80 bits per heavy atom. The third-order valence-electron chi connectivity index (χ3n) is 3.04. The zero-order valence-corrected chi connectivity index (χ0v) is 12.4. The number of ether oxygens (including phenoxy) is 1. The van der Waals surface area contributed by atoms with Crippen LogP contribution in [0.15, 0.2) is 36.5 Å². The second-order valence-electron chi connectivity index (χ2n) is 5.03. The fourth-order valence-corrected chi connectivity index (χ4v) is 2.00. The van der Waals surface area contributed by atoms with Crippen LogP contribution in [0.1, 0.15) is 30.2 Å². The van der Waals surface area contributed by atoms with Crippen LogP contribution in [0.3, 0.4) is 0 Å². The molecule has 0 aliphatic rings. The lowest BCUT2D eigenvalue weighted by Gasteiger charge is -2.12. The second kappa shape index (κ2) is 7.06. The number of nitrogens with one attached hydrogen (secondary N) is 1. The van der Waals surface area contributed by atoms with Crippen molar-refractivity contribution in [2.45, 2.75) is 33.7 Å². The van der Waals surface area contributed by atoms with Gasteiger partial charge in [-0.15, -0.1) is 0 Å². The molecule has 0 saturated carbocycles. The first kappa shape index (κ1) is 14.5. The molecule has 0 atom stereocenters. The normalized spacial score (nSPS) is 10.6. The first-order valence-electron chi connectivity index (χ1n) is 7.10. The maximum Gasteiger partial charge on any atom is 0.135 e. The minimum atomic E-state index is 0.780. The van der Waals surface area contributed by atoms with E-state index in [9.17, 15) is 0 Å². The van der Waals surface area contributed by atoms with Crippen LogP contribution in [-0.2, 0) is 6.54 Å². The molecule has 1 aromatic carbocycles. The summed E-state index contributed by atoms with van der Waals surface area (Å²) in [6.45, 7) is 7.98. The molecule has 1 heterocycles. The topological polar surface area (TPSA) is 34.2 Å². The molecule has 1 N–H and O–H groups in total. The summed E-state index contributed by atoms with van der Waals surface area (Å²) in [5, 5.41) is 3.39. The van der Waals surface area contributed by atoms with Crippen LogP contribution in [-0.4, -0.2) is 11.5 Å². The summed E-state index contributed by atoms with van der Waals surface area (Å²) in [6, 6.07) is 10.1. The Morgan fingerprint density at radius 2 is 2.05 bits per heavy atom. The summed E-state index contributed by atoms with van der Waals surface area (Å²) >= 11 is 0.